The van der Waals surface area contributed by atoms with Gasteiger partial charge >= 0.3 is 0 Å². The van der Waals surface area contributed by atoms with Crippen LogP contribution in [0, 0.1) is 5.92 Å². The maximum atomic E-state index is 12.6. The Morgan fingerprint density at radius 2 is 1.71 bits per heavy atom. The van der Waals surface area contributed by atoms with E-state index in [1.165, 1.54) is 13.0 Å². The van der Waals surface area contributed by atoms with Gasteiger partial charge in [-0.2, -0.15) is 0 Å². The molecule has 0 amide bonds. The minimum absolute atomic E-state index is 0.218. The minimum Gasteiger partial charge on any atom is -0.269 e. The fourth-order valence-corrected chi connectivity index (χ4v) is 1.52. The topological polar surface area (TPSA) is 12.4 Å². The third kappa shape index (κ3) is 4.94. The van der Waals surface area contributed by atoms with Gasteiger partial charge in [0.2, 0.25) is 0 Å². The van der Waals surface area contributed by atoms with Gasteiger partial charge in [-0.05, 0) is 56.2 Å². The summed E-state index contributed by atoms with van der Waals surface area (Å²) in [4.78, 5) is 4.04. The summed E-state index contributed by atoms with van der Waals surface area (Å²) in [6.45, 7) is 17.0. The second kappa shape index (κ2) is 7.00. The van der Waals surface area contributed by atoms with Gasteiger partial charge in [0.15, 0.2) is 0 Å². The molecule has 0 aromatic rings. The van der Waals surface area contributed by atoms with Gasteiger partial charge in [0.25, 0.3) is 0 Å². The number of hydrogen-bond donors (Lipinski definition) is 0. The smallest absolute Gasteiger partial charge is 0.0968 e. The van der Waals surface area contributed by atoms with Gasteiger partial charge in [0.1, 0.15) is 0 Å². The average molecular weight is 235 g/mol. The van der Waals surface area contributed by atoms with Crippen molar-refractivity contribution in [3.8, 4) is 0 Å². The predicted molar refractivity (Wildman–Crippen MR) is 74.8 cm³/mol. The molecule has 1 nitrogen and oxygen atoms in total. The van der Waals surface area contributed by atoms with Crippen molar-refractivity contribution in [3.05, 3.63) is 47.0 Å². The lowest BCUT2D eigenvalue weighted by atomic mass is 9.96. The molecule has 0 saturated carbocycles. The van der Waals surface area contributed by atoms with Gasteiger partial charge in [0, 0.05) is 5.70 Å². The Kier molecular flexibility index (Phi) is 6.40. The Bertz CT molecular complexity index is 391. The quantitative estimate of drug-likeness (QED) is 0.470. The van der Waals surface area contributed by atoms with E-state index >= 15 is 0 Å². The molecule has 0 aliphatic carbocycles. The van der Waals surface area contributed by atoms with Gasteiger partial charge in [-0.15, -0.1) is 0 Å². The molecule has 17 heavy (non-hydrogen) atoms. The van der Waals surface area contributed by atoms with E-state index in [0.717, 1.165) is 22.4 Å². The molecule has 0 N–H and O–H groups in total. The fraction of sp³-hybridized carbons (Fsp3) is 0.400. The summed E-state index contributed by atoms with van der Waals surface area (Å²) in [6, 6.07) is 0. The Morgan fingerprint density at radius 1 is 1.18 bits per heavy atom. The highest BCUT2D eigenvalue weighted by atomic mass is 19.1. The zero-order chi connectivity index (χ0) is 13.6. The van der Waals surface area contributed by atoms with Gasteiger partial charge in [-0.3, -0.25) is 4.99 Å². The normalized spacial score (nSPS) is 14.8. The van der Waals surface area contributed by atoms with E-state index in [9.17, 15) is 4.39 Å². The number of hydrogen-bond acceptors (Lipinski definition) is 1. The molecule has 0 saturated heterocycles. The summed E-state index contributed by atoms with van der Waals surface area (Å²) < 4.78 is 12.6. The van der Waals surface area contributed by atoms with Gasteiger partial charge < -0.3 is 0 Å². The Morgan fingerprint density at radius 3 is 2.06 bits per heavy atom. The molecule has 0 aromatic heterocycles. The van der Waals surface area contributed by atoms with E-state index < -0.39 is 0 Å². The minimum atomic E-state index is -0.218. The monoisotopic (exact) mass is 235 g/mol. The SMILES string of the molecule is C=NC(=C(C)C(=C)C(C)=CC=C(C)F)C(C)C. The van der Waals surface area contributed by atoms with Crippen LogP contribution in [-0.2, 0) is 0 Å². The number of rotatable bonds is 5. The van der Waals surface area contributed by atoms with E-state index in [4.69, 9.17) is 0 Å². The van der Waals surface area contributed by atoms with E-state index in [0.29, 0.717) is 5.92 Å². The lowest BCUT2D eigenvalue weighted by Gasteiger charge is -2.13. The molecule has 0 atom stereocenters. The molecule has 0 aliphatic rings. The molecule has 0 spiro atoms. The highest BCUT2D eigenvalue weighted by Crippen LogP contribution is 2.25. The lowest BCUT2D eigenvalue weighted by Crippen LogP contribution is -1.98. The van der Waals surface area contributed by atoms with Crippen LogP contribution >= 0.6 is 0 Å². The standard InChI is InChI=1S/C15H22FN/c1-10(2)15(17-7)14(6)13(5)11(3)8-9-12(4)16/h8-10H,5,7H2,1-4,6H3. The van der Waals surface area contributed by atoms with Crippen molar-refractivity contribution >= 4 is 6.72 Å². The van der Waals surface area contributed by atoms with Crippen LogP contribution in [0.2, 0.25) is 0 Å². The van der Waals surface area contributed by atoms with Crippen LogP contribution in [-0.4, -0.2) is 6.72 Å². The lowest BCUT2D eigenvalue weighted by molar-refractivity contribution is 0.640. The zero-order valence-corrected chi connectivity index (χ0v) is 11.5. The summed E-state index contributed by atoms with van der Waals surface area (Å²) in [5.74, 6) is 0.0835. The van der Waals surface area contributed by atoms with Gasteiger partial charge in [-0.1, -0.05) is 26.5 Å². The summed E-state index contributed by atoms with van der Waals surface area (Å²) in [5, 5.41) is 0. The van der Waals surface area contributed by atoms with Gasteiger partial charge in [0.05, 0.1) is 5.83 Å². The second-order valence-corrected chi connectivity index (χ2v) is 4.40. The summed E-state index contributed by atoms with van der Waals surface area (Å²) in [5.41, 5.74) is 3.75. The Labute approximate surface area is 104 Å². The number of nitrogens with zero attached hydrogens (tertiary/aromatic N) is 1. The molecule has 0 rings (SSSR count). The van der Waals surface area contributed by atoms with Crippen molar-refractivity contribution in [3.63, 3.8) is 0 Å². The van der Waals surface area contributed by atoms with Crippen molar-refractivity contribution in [2.45, 2.75) is 34.6 Å². The van der Waals surface area contributed by atoms with Crippen molar-refractivity contribution in [1.82, 2.24) is 0 Å². The molecule has 0 aromatic carbocycles. The average Bonchev–Trinajstić information content (AvgIpc) is 2.24. The highest BCUT2D eigenvalue weighted by Gasteiger charge is 2.09. The number of aliphatic imine (C=N–C) groups is 1. The first-order valence-corrected chi connectivity index (χ1v) is 5.69. The highest BCUT2D eigenvalue weighted by molar-refractivity contribution is 5.47. The predicted octanol–water partition coefficient (Wildman–Crippen LogP) is 4.99. The van der Waals surface area contributed by atoms with Crippen molar-refractivity contribution in [2.24, 2.45) is 10.9 Å². The zero-order valence-electron chi connectivity index (χ0n) is 11.5. The van der Waals surface area contributed by atoms with Crippen LogP contribution in [0.5, 0.6) is 0 Å². The van der Waals surface area contributed by atoms with Gasteiger partial charge in [-0.25, -0.2) is 4.39 Å². The maximum absolute atomic E-state index is 12.6. The van der Waals surface area contributed by atoms with Crippen LogP contribution in [0.25, 0.3) is 0 Å². The first kappa shape index (κ1) is 15.6. The van der Waals surface area contributed by atoms with Crippen LogP contribution in [0.3, 0.4) is 0 Å². The molecule has 0 unspecified atom stereocenters. The number of allylic oxidation sites excluding steroid dienone is 7. The number of halogens is 1. The van der Waals surface area contributed by atoms with Crippen molar-refractivity contribution < 1.29 is 4.39 Å². The van der Waals surface area contributed by atoms with Crippen LogP contribution < -0.4 is 0 Å². The van der Waals surface area contributed by atoms with E-state index in [-0.39, 0.29) is 5.83 Å². The second-order valence-electron chi connectivity index (χ2n) is 4.40. The van der Waals surface area contributed by atoms with E-state index in [1.54, 1.807) is 6.08 Å². The molecule has 0 bridgehead atoms. The van der Waals surface area contributed by atoms with E-state index in [2.05, 4.69) is 32.1 Å². The molecule has 0 radical (unpaired) electrons. The molecule has 0 fully saturated rings. The molecular formula is C15H22FN. The first-order valence-electron chi connectivity index (χ1n) is 5.69. The largest absolute Gasteiger partial charge is 0.269 e. The van der Waals surface area contributed by atoms with E-state index in [1.807, 2.05) is 13.8 Å². The molecule has 0 heterocycles. The maximum Gasteiger partial charge on any atom is 0.0968 e. The summed E-state index contributed by atoms with van der Waals surface area (Å²) >= 11 is 0. The fourth-order valence-electron chi connectivity index (χ4n) is 1.52. The van der Waals surface area contributed by atoms with Crippen LogP contribution in [0.1, 0.15) is 34.6 Å². The summed E-state index contributed by atoms with van der Waals surface area (Å²) in [7, 11) is 0. The Hall–Kier alpha value is -1.44. The molecule has 94 valence electrons. The van der Waals surface area contributed by atoms with Crippen LogP contribution in [0.15, 0.2) is 52.0 Å². The third-order valence-electron chi connectivity index (χ3n) is 2.59. The molecule has 2 heteroatoms. The van der Waals surface area contributed by atoms with Crippen molar-refractivity contribution in [2.75, 3.05) is 0 Å². The Balaban J connectivity index is 5.25. The van der Waals surface area contributed by atoms with Crippen molar-refractivity contribution in [1.29, 1.82) is 0 Å². The summed E-state index contributed by atoms with van der Waals surface area (Å²) in [6.07, 6.45) is 3.16. The third-order valence-corrected chi connectivity index (χ3v) is 2.59. The first-order chi connectivity index (χ1) is 7.81. The molecule has 0 aliphatic heterocycles. The van der Waals surface area contributed by atoms with Crippen LogP contribution in [0.4, 0.5) is 4.39 Å². The molecular weight excluding hydrogens is 213 g/mol.